The molecule has 0 fully saturated rings. The number of hydrazine groups is 1. The van der Waals surface area contributed by atoms with E-state index in [2.05, 4.69) is 14.8 Å². The number of nitrogen functional groups attached to an aromatic ring is 1. The quantitative estimate of drug-likeness (QED) is 0.0695. The molecule has 1 atom stereocenters. The van der Waals surface area contributed by atoms with Crippen LogP contribution >= 0.6 is 11.9 Å². The predicted molar refractivity (Wildman–Crippen MR) is 112 cm³/mol. The summed E-state index contributed by atoms with van der Waals surface area (Å²) >= 11 is 0.931. The number of nitrogens with two attached hydrogens (primary N) is 5. The van der Waals surface area contributed by atoms with Gasteiger partial charge in [-0.15, -0.1) is 5.10 Å². The van der Waals surface area contributed by atoms with Crippen molar-refractivity contribution in [3.05, 3.63) is 35.9 Å². The van der Waals surface area contributed by atoms with Crippen LogP contribution in [-0.4, -0.2) is 43.5 Å². The van der Waals surface area contributed by atoms with Gasteiger partial charge < -0.3 is 22.3 Å². The van der Waals surface area contributed by atoms with Crippen molar-refractivity contribution in [2.75, 3.05) is 18.9 Å². The Hall–Kier alpha value is -2.46. The molecule has 1 aromatic carbocycles. The first kappa shape index (κ1) is 22.8. The summed E-state index contributed by atoms with van der Waals surface area (Å²) in [5.74, 6) is 5.22. The van der Waals surface area contributed by atoms with Crippen molar-refractivity contribution in [1.29, 1.82) is 0 Å². The zero-order chi connectivity index (χ0) is 21.6. The van der Waals surface area contributed by atoms with Crippen LogP contribution in [-0.2, 0) is 10.0 Å². The number of anilines is 1. The van der Waals surface area contributed by atoms with Gasteiger partial charge in [0.2, 0.25) is 10.0 Å². The molecule has 158 valence electrons. The van der Waals surface area contributed by atoms with E-state index >= 15 is 0 Å². The molecule has 0 aliphatic carbocycles. The lowest BCUT2D eigenvalue weighted by atomic mass is 10.0. The fourth-order valence-corrected chi connectivity index (χ4v) is 4.54. The number of hydrazone groups is 1. The maximum atomic E-state index is 12.5. The monoisotopic (exact) mass is 441 g/mol. The van der Waals surface area contributed by atoms with Gasteiger partial charge in [-0.2, -0.15) is 0 Å². The van der Waals surface area contributed by atoms with Gasteiger partial charge in [-0.05, 0) is 30.1 Å². The maximum absolute atomic E-state index is 12.5. The highest BCUT2D eigenvalue weighted by Crippen LogP contribution is 2.34. The topological polar surface area (TPSA) is 234 Å². The van der Waals surface area contributed by atoms with Crippen LogP contribution in [0.4, 0.5) is 5.82 Å². The molecule has 1 unspecified atom stereocenters. The molecule has 0 spiro atoms. The Balaban J connectivity index is 2.76. The molecule has 13 N–H and O–H groups in total. The average molecular weight is 442 g/mol. The number of nitrogens with one attached hydrogen (secondary N) is 2. The number of primary sulfonamides is 1. The van der Waals surface area contributed by atoms with Gasteiger partial charge in [0.05, 0.1) is 18.3 Å². The number of aliphatic hydroxyl groups is 1. The summed E-state index contributed by atoms with van der Waals surface area (Å²) in [6.07, 6.45) is 0. The highest BCUT2D eigenvalue weighted by Gasteiger charge is 2.26. The molecule has 2 rings (SSSR count). The van der Waals surface area contributed by atoms with Gasteiger partial charge in [0, 0.05) is 22.6 Å². The smallest absolute Gasteiger partial charge is 0.239 e. The highest BCUT2D eigenvalue weighted by molar-refractivity contribution is 7.98. The SMILES string of the molecule is NCC(CO)NSc1ccc(-c2cccc(N)n2)c(/C(N)=N/NN)c1S(N)(=O)=O. The molecule has 0 aliphatic rings. The van der Waals surface area contributed by atoms with Gasteiger partial charge in [0.15, 0.2) is 5.84 Å². The molecule has 29 heavy (non-hydrogen) atoms. The van der Waals surface area contributed by atoms with E-state index in [1.807, 2.05) is 5.53 Å². The van der Waals surface area contributed by atoms with Crippen molar-refractivity contribution in [3.8, 4) is 11.3 Å². The van der Waals surface area contributed by atoms with Crippen LogP contribution in [0.5, 0.6) is 0 Å². The van der Waals surface area contributed by atoms with Crippen molar-refractivity contribution in [2.24, 2.45) is 27.6 Å². The van der Waals surface area contributed by atoms with Crippen molar-refractivity contribution < 1.29 is 13.5 Å². The minimum absolute atomic E-state index is 0.00338. The van der Waals surface area contributed by atoms with E-state index in [0.717, 1.165) is 11.9 Å². The molecule has 12 nitrogen and oxygen atoms in total. The van der Waals surface area contributed by atoms with Crippen LogP contribution < -0.4 is 38.4 Å². The molecule has 0 bridgehead atoms. The molecular weight excluding hydrogens is 418 g/mol. The van der Waals surface area contributed by atoms with Gasteiger partial charge in [-0.1, -0.05) is 12.1 Å². The summed E-state index contributed by atoms with van der Waals surface area (Å²) in [5, 5.41) is 18.5. The number of pyridine rings is 1. The molecule has 0 radical (unpaired) electrons. The Labute approximate surface area is 172 Å². The second-order valence-corrected chi connectivity index (χ2v) is 8.15. The third-order valence-corrected chi connectivity index (χ3v) is 5.87. The number of sulfonamides is 1. The Morgan fingerprint density at radius 2 is 2.03 bits per heavy atom. The summed E-state index contributed by atoms with van der Waals surface area (Å²) in [5.41, 5.74) is 20.0. The standard InChI is InChI=1S/C15H23N9O3S2/c16-6-8(7-25)23-28-11-5-4-9(10-2-1-3-12(17)21-10)13(15(18)22-24-19)14(11)29(20,26)27/h1-5,8,23-25H,6-7,16,19H2,(H2,17,21)(H2,18,22)(H2,20,26,27). The largest absolute Gasteiger partial charge is 0.395 e. The summed E-state index contributed by atoms with van der Waals surface area (Å²) in [4.78, 5) is 4.14. The van der Waals surface area contributed by atoms with Crippen LogP contribution in [0, 0.1) is 0 Å². The molecule has 14 heteroatoms. The van der Waals surface area contributed by atoms with E-state index in [1.54, 1.807) is 24.3 Å². The summed E-state index contributed by atoms with van der Waals surface area (Å²) in [7, 11) is -4.27. The van der Waals surface area contributed by atoms with Crippen molar-refractivity contribution in [2.45, 2.75) is 15.8 Å². The lowest BCUT2D eigenvalue weighted by Crippen LogP contribution is -2.35. The second-order valence-electron chi connectivity index (χ2n) is 5.77. The molecular formula is C15H23N9O3S2. The second kappa shape index (κ2) is 9.84. The molecule has 0 saturated carbocycles. The lowest BCUT2D eigenvalue weighted by Gasteiger charge is -2.19. The van der Waals surface area contributed by atoms with Crippen LogP contribution in [0.3, 0.4) is 0 Å². The Kier molecular flexibility index (Phi) is 7.74. The summed E-state index contributed by atoms with van der Waals surface area (Å²) < 4.78 is 27.8. The normalized spacial score (nSPS) is 13.3. The minimum atomic E-state index is -4.27. The van der Waals surface area contributed by atoms with Crippen LogP contribution in [0.25, 0.3) is 11.3 Å². The van der Waals surface area contributed by atoms with E-state index in [9.17, 15) is 13.5 Å². The van der Waals surface area contributed by atoms with E-state index in [4.69, 9.17) is 28.2 Å². The number of hydrogen-bond acceptors (Lipinski definition) is 11. The first-order valence-electron chi connectivity index (χ1n) is 8.18. The van der Waals surface area contributed by atoms with E-state index in [0.29, 0.717) is 11.3 Å². The molecule has 0 saturated heterocycles. The summed E-state index contributed by atoms with van der Waals surface area (Å²) in [6, 6.07) is 7.53. The number of benzene rings is 1. The fourth-order valence-electron chi connectivity index (χ4n) is 2.43. The molecule has 1 aromatic heterocycles. The van der Waals surface area contributed by atoms with Crippen molar-refractivity contribution >= 4 is 33.6 Å². The Morgan fingerprint density at radius 1 is 1.31 bits per heavy atom. The third-order valence-electron chi connectivity index (χ3n) is 3.73. The molecule has 0 amide bonds. The molecule has 2 aromatic rings. The fraction of sp³-hybridized carbons (Fsp3) is 0.200. The van der Waals surface area contributed by atoms with Gasteiger partial charge in [-0.3, -0.25) is 4.72 Å². The van der Waals surface area contributed by atoms with Gasteiger partial charge in [0.1, 0.15) is 10.7 Å². The zero-order valence-electron chi connectivity index (χ0n) is 15.2. The van der Waals surface area contributed by atoms with Gasteiger partial charge in [-0.25, -0.2) is 29.9 Å². The average Bonchev–Trinajstić information content (AvgIpc) is 2.67. The predicted octanol–water partition coefficient (Wildman–Crippen LogP) is -2.02. The molecule has 1 heterocycles. The maximum Gasteiger partial charge on any atom is 0.239 e. The van der Waals surface area contributed by atoms with Crippen molar-refractivity contribution in [1.82, 2.24) is 15.2 Å². The number of nitrogens with zero attached hydrogens (tertiary/aromatic N) is 2. The zero-order valence-corrected chi connectivity index (χ0v) is 16.9. The number of rotatable bonds is 9. The van der Waals surface area contributed by atoms with Gasteiger partial charge >= 0.3 is 0 Å². The van der Waals surface area contributed by atoms with Crippen molar-refractivity contribution in [3.63, 3.8) is 0 Å². The number of hydrogen-bond donors (Lipinski definition) is 8. The van der Waals surface area contributed by atoms with Crippen LogP contribution in [0.15, 0.2) is 45.2 Å². The Morgan fingerprint density at radius 3 is 2.59 bits per heavy atom. The first-order chi connectivity index (χ1) is 13.7. The van der Waals surface area contributed by atoms with E-state index in [1.165, 1.54) is 6.07 Å². The van der Waals surface area contributed by atoms with E-state index < -0.39 is 16.1 Å². The van der Waals surface area contributed by atoms with Gasteiger partial charge in [0.25, 0.3) is 0 Å². The number of aromatic nitrogens is 1. The first-order valence-corrected chi connectivity index (χ1v) is 10.5. The number of aliphatic hydroxyl groups excluding tert-OH is 1. The van der Waals surface area contributed by atoms with Crippen LogP contribution in [0.1, 0.15) is 5.56 Å². The summed E-state index contributed by atoms with van der Waals surface area (Å²) in [6.45, 7) is -0.111. The lowest BCUT2D eigenvalue weighted by molar-refractivity contribution is 0.262. The number of amidine groups is 1. The highest BCUT2D eigenvalue weighted by atomic mass is 32.2. The van der Waals surface area contributed by atoms with E-state index in [-0.39, 0.29) is 40.2 Å². The van der Waals surface area contributed by atoms with Crippen LogP contribution in [0.2, 0.25) is 0 Å². The Bertz CT molecular complexity index is 995. The molecule has 0 aliphatic heterocycles. The minimum Gasteiger partial charge on any atom is -0.395 e. The third kappa shape index (κ3) is 5.54.